The Morgan fingerprint density at radius 1 is 1.17 bits per heavy atom. The van der Waals surface area contributed by atoms with Gasteiger partial charge in [-0.1, -0.05) is 12.1 Å². The molecule has 0 amide bonds. The summed E-state index contributed by atoms with van der Waals surface area (Å²) < 4.78 is 61.1. The number of benzene rings is 2. The molecule has 24 heavy (non-hydrogen) atoms. The molecule has 1 heterocycles. The molecule has 1 aromatic heterocycles. The third-order valence-electron chi connectivity index (χ3n) is 3.16. The number of hydrogen-bond acceptors (Lipinski definition) is 7. The predicted octanol–water partition coefficient (Wildman–Crippen LogP) is 2.00. The fourth-order valence-electron chi connectivity index (χ4n) is 2.22. The van der Waals surface area contributed by atoms with Crippen LogP contribution in [0, 0.1) is 11.6 Å². The zero-order chi connectivity index (χ0) is 17.5. The van der Waals surface area contributed by atoms with Gasteiger partial charge < -0.3 is 10.4 Å². The molecule has 11 heteroatoms. The van der Waals surface area contributed by atoms with Crippen LogP contribution in [0.2, 0.25) is 0 Å². The normalized spacial score (nSPS) is 11.6. The van der Waals surface area contributed by atoms with Crippen molar-refractivity contribution in [3.05, 3.63) is 42.1 Å². The van der Waals surface area contributed by atoms with E-state index in [-0.39, 0.29) is 5.82 Å². The van der Waals surface area contributed by atoms with Crippen LogP contribution >= 0.6 is 0 Å². The minimum absolute atomic E-state index is 0.0869. The molecule has 3 N–H and O–H groups in total. The average Bonchev–Trinajstić information content (AvgIpc) is 2.51. The summed E-state index contributed by atoms with van der Waals surface area (Å²) in [5.41, 5.74) is -0.777. The molecular weight excluding hydrogens is 346 g/mol. The van der Waals surface area contributed by atoms with Crippen molar-refractivity contribution >= 4 is 32.4 Å². The maximum atomic E-state index is 14.6. The number of aromatic hydroxyl groups is 1. The van der Waals surface area contributed by atoms with Crippen molar-refractivity contribution < 1.29 is 26.9 Å². The standard InChI is InChI=1S/C13H8F2N4O4S/c14-7-3-1-2-6-9(7)10(15)11(12(20)13(6)24(21,22)23)17-8-4-5-16-19-18-8/h1-5,20H,(H,16,17,18)(H,21,22,23). The van der Waals surface area contributed by atoms with Gasteiger partial charge in [0.05, 0.1) is 11.6 Å². The van der Waals surface area contributed by atoms with Crippen molar-refractivity contribution in [1.29, 1.82) is 0 Å². The van der Waals surface area contributed by atoms with Gasteiger partial charge >= 0.3 is 0 Å². The van der Waals surface area contributed by atoms with Gasteiger partial charge in [0.15, 0.2) is 17.4 Å². The van der Waals surface area contributed by atoms with Crippen LogP contribution in [0.4, 0.5) is 20.3 Å². The molecule has 0 atom stereocenters. The van der Waals surface area contributed by atoms with Gasteiger partial charge in [0.25, 0.3) is 10.1 Å². The first-order valence-corrected chi connectivity index (χ1v) is 7.76. The van der Waals surface area contributed by atoms with E-state index in [1.165, 1.54) is 12.3 Å². The predicted molar refractivity (Wildman–Crippen MR) is 78.5 cm³/mol. The summed E-state index contributed by atoms with van der Waals surface area (Å²) in [5, 5.41) is 21.4. The second-order valence-electron chi connectivity index (χ2n) is 4.64. The number of rotatable bonds is 3. The average molecular weight is 354 g/mol. The van der Waals surface area contributed by atoms with E-state index in [9.17, 15) is 26.9 Å². The van der Waals surface area contributed by atoms with Crippen molar-refractivity contribution in [3.63, 3.8) is 0 Å². The van der Waals surface area contributed by atoms with Gasteiger partial charge in [0.1, 0.15) is 16.4 Å². The molecule has 0 aliphatic rings. The number of halogens is 2. The summed E-state index contributed by atoms with van der Waals surface area (Å²) in [5.74, 6) is -3.53. The second-order valence-corrected chi connectivity index (χ2v) is 5.99. The van der Waals surface area contributed by atoms with Crippen LogP contribution in [0.25, 0.3) is 10.8 Å². The SMILES string of the molecule is O=S(=O)(O)c1c(O)c(Nc2ccnnn2)c(F)c2c(F)cccc12. The van der Waals surface area contributed by atoms with Gasteiger partial charge in [-0.05, 0) is 11.3 Å². The lowest BCUT2D eigenvalue weighted by molar-refractivity contribution is 0.444. The van der Waals surface area contributed by atoms with E-state index in [2.05, 4.69) is 20.7 Å². The van der Waals surface area contributed by atoms with Crippen molar-refractivity contribution in [2.24, 2.45) is 0 Å². The van der Waals surface area contributed by atoms with Crippen molar-refractivity contribution in [3.8, 4) is 5.75 Å². The topological polar surface area (TPSA) is 125 Å². The first-order valence-electron chi connectivity index (χ1n) is 6.32. The number of nitrogens with zero attached hydrogens (tertiary/aromatic N) is 3. The fraction of sp³-hybridized carbons (Fsp3) is 0. The summed E-state index contributed by atoms with van der Waals surface area (Å²) in [6.45, 7) is 0. The Morgan fingerprint density at radius 2 is 1.92 bits per heavy atom. The minimum Gasteiger partial charge on any atom is -0.504 e. The number of phenolic OH excluding ortho intramolecular Hbond substituents is 1. The molecule has 0 aliphatic heterocycles. The van der Waals surface area contributed by atoms with E-state index in [0.29, 0.717) is 0 Å². The Labute approximate surface area is 133 Å². The second kappa shape index (κ2) is 5.62. The summed E-state index contributed by atoms with van der Waals surface area (Å²) in [7, 11) is -4.98. The zero-order valence-electron chi connectivity index (χ0n) is 11.6. The molecule has 0 fully saturated rings. The monoisotopic (exact) mass is 354 g/mol. The molecule has 3 aromatic rings. The van der Waals surface area contributed by atoms with Gasteiger partial charge in [0.2, 0.25) is 0 Å². The van der Waals surface area contributed by atoms with Crippen molar-refractivity contribution in [2.45, 2.75) is 4.90 Å². The Morgan fingerprint density at radius 3 is 2.54 bits per heavy atom. The van der Waals surface area contributed by atoms with Gasteiger partial charge in [-0.2, -0.15) is 8.42 Å². The Bertz CT molecular complexity index is 1050. The molecule has 0 spiro atoms. The van der Waals surface area contributed by atoms with Crippen LogP contribution in [0.1, 0.15) is 0 Å². The molecule has 0 saturated carbocycles. The zero-order valence-corrected chi connectivity index (χ0v) is 12.4. The van der Waals surface area contributed by atoms with E-state index >= 15 is 0 Å². The lowest BCUT2D eigenvalue weighted by Gasteiger charge is -2.14. The number of nitrogens with one attached hydrogen (secondary N) is 1. The highest BCUT2D eigenvalue weighted by molar-refractivity contribution is 7.86. The van der Waals surface area contributed by atoms with E-state index in [0.717, 1.165) is 18.2 Å². The molecule has 8 nitrogen and oxygen atoms in total. The first kappa shape index (κ1) is 16.0. The van der Waals surface area contributed by atoms with Crippen LogP contribution in [0.3, 0.4) is 0 Å². The molecular formula is C13H8F2N4O4S. The highest BCUT2D eigenvalue weighted by Crippen LogP contribution is 2.42. The number of fused-ring (bicyclic) bond motifs is 1. The lowest BCUT2D eigenvalue weighted by Crippen LogP contribution is -2.06. The quantitative estimate of drug-likeness (QED) is 0.482. The molecule has 0 aliphatic carbocycles. The van der Waals surface area contributed by atoms with Gasteiger partial charge in [0, 0.05) is 11.5 Å². The molecule has 2 aromatic carbocycles. The number of phenols is 1. The Balaban J connectivity index is 2.40. The molecule has 0 unspecified atom stereocenters. The third-order valence-corrected chi connectivity index (χ3v) is 4.09. The Hall–Kier alpha value is -2.92. The summed E-state index contributed by atoms with van der Waals surface area (Å²) in [6.07, 6.45) is 1.20. The number of anilines is 2. The van der Waals surface area contributed by atoms with E-state index in [1.807, 2.05) is 0 Å². The van der Waals surface area contributed by atoms with E-state index < -0.39 is 48.9 Å². The minimum atomic E-state index is -4.98. The molecule has 0 bridgehead atoms. The van der Waals surface area contributed by atoms with Gasteiger partial charge in [-0.3, -0.25) is 4.55 Å². The molecule has 0 saturated heterocycles. The van der Waals surface area contributed by atoms with E-state index in [1.54, 1.807) is 0 Å². The van der Waals surface area contributed by atoms with Crippen LogP contribution in [0.15, 0.2) is 35.4 Å². The number of hydrogen-bond donors (Lipinski definition) is 3. The van der Waals surface area contributed by atoms with Crippen molar-refractivity contribution in [1.82, 2.24) is 15.4 Å². The lowest BCUT2D eigenvalue weighted by atomic mass is 10.1. The Kier molecular flexibility index (Phi) is 3.73. The summed E-state index contributed by atoms with van der Waals surface area (Å²) in [4.78, 5) is -1.03. The van der Waals surface area contributed by atoms with Crippen LogP contribution < -0.4 is 5.32 Å². The largest absolute Gasteiger partial charge is 0.504 e. The summed E-state index contributed by atoms with van der Waals surface area (Å²) in [6, 6.07) is 4.34. The van der Waals surface area contributed by atoms with Crippen molar-refractivity contribution in [2.75, 3.05) is 5.32 Å². The first-order chi connectivity index (χ1) is 11.3. The van der Waals surface area contributed by atoms with Gasteiger partial charge in [-0.15, -0.1) is 10.2 Å². The smallest absolute Gasteiger partial charge is 0.298 e. The van der Waals surface area contributed by atoms with Crippen LogP contribution in [0.5, 0.6) is 5.75 Å². The molecule has 124 valence electrons. The number of aromatic nitrogens is 3. The van der Waals surface area contributed by atoms with Crippen LogP contribution in [-0.2, 0) is 10.1 Å². The summed E-state index contributed by atoms with van der Waals surface area (Å²) >= 11 is 0. The highest BCUT2D eigenvalue weighted by atomic mass is 32.2. The maximum absolute atomic E-state index is 14.6. The fourth-order valence-corrected chi connectivity index (χ4v) is 3.01. The maximum Gasteiger partial charge on any atom is 0.298 e. The molecule has 3 rings (SSSR count). The van der Waals surface area contributed by atoms with Crippen LogP contribution in [-0.4, -0.2) is 33.5 Å². The van der Waals surface area contributed by atoms with E-state index in [4.69, 9.17) is 0 Å². The highest BCUT2D eigenvalue weighted by Gasteiger charge is 2.28. The van der Waals surface area contributed by atoms with Gasteiger partial charge in [-0.25, -0.2) is 8.78 Å². The molecule has 0 radical (unpaired) electrons. The third kappa shape index (κ3) is 2.59.